The fourth-order valence-electron chi connectivity index (χ4n) is 2.59. The number of nitrogens with zero attached hydrogens (tertiary/aromatic N) is 2. The fourth-order valence-corrected chi connectivity index (χ4v) is 4.42. The second-order valence-electron chi connectivity index (χ2n) is 6.29. The summed E-state index contributed by atoms with van der Waals surface area (Å²) >= 11 is 2.92. The summed E-state index contributed by atoms with van der Waals surface area (Å²) in [5.41, 5.74) is 3.38. The first-order chi connectivity index (χ1) is 13.6. The van der Waals surface area contributed by atoms with E-state index in [1.165, 1.54) is 23.7 Å². The third-order valence-corrected chi connectivity index (χ3v) is 5.93. The number of hydrogen-bond acceptors (Lipinski definition) is 6. The zero-order valence-corrected chi connectivity index (χ0v) is 17.5. The Morgan fingerprint density at radius 1 is 1.11 bits per heavy atom. The number of aromatic nitrogens is 2. The molecule has 0 aliphatic carbocycles. The normalized spacial score (nSPS) is 10.8. The predicted molar refractivity (Wildman–Crippen MR) is 115 cm³/mol. The molecule has 0 saturated carbocycles. The monoisotopic (exact) mass is 414 g/mol. The number of carbonyl (C=O) groups is 2. The lowest BCUT2D eigenvalue weighted by Gasteiger charge is -2.07. The molecule has 0 spiro atoms. The third kappa shape index (κ3) is 5.08. The van der Waals surface area contributed by atoms with E-state index in [4.69, 9.17) is 0 Å². The second kappa shape index (κ2) is 9.66. The second-order valence-corrected chi connectivity index (χ2v) is 8.11. The molecular weight excluding hydrogens is 392 g/mol. The molecule has 0 atom stereocenters. The van der Waals surface area contributed by atoms with E-state index in [0.717, 1.165) is 32.8 Å². The molecule has 0 fully saturated rings. The first-order valence-electron chi connectivity index (χ1n) is 9.04. The summed E-state index contributed by atoms with van der Waals surface area (Å²) in [6.45, 7) is 4.64. The maximum atomic E-state index is 12.1. The summed E-state index contributed by atoms with van der Waals surface area (Å²) in [7, 11) is 0. The van der Waals surface area contributed by atoms with Gasteiger partial charge in [-0.2, -0.15) is 0 Å². The van der Waals surface area contributed by atoms with Gasteiger partial charge >= 0.3 is 0 Å². The lowest BCUT2D eigenvalue weighted by molar-refractivity contribution is -0.124. The Kier molecular flexibility index (Phi) is 7.00. The van der Waals surface area contributed by atoms with Gasteiger partial charge in [0.15, 0.2) is 0 Å². The van der Waals surface area contributed by atoms with Gasteiger partial charge in [0.2, 0.25) is 11.8 Å². The molecule has 0 aliphatic heterocycles. The van der Waals surface area contributed by atoms with Crippen molar-refractivity contribution >= 4 is 45.1 Å². The highest BCUT2D eigenvalue weighted by molar-refractivity contribution is 8.00. The molecule has 3 aromatic rings. The first-order valence-corrected chi connectivity index (χ1v) is 10.9. The lowest BCUT2D eigenvalue weighted by atomic mass is 10.1. The molecule has 2 heterocycles. The summed E-state index contributed by atoms with van der Waals surface area (Å²) in [4.78, 5) is 33.3. The van der Waals surface area contributed by atoms with Crippen molar-refractivity contribution in [3.8, 4) is 11.1 Å². The molecule has 28 heavy (non-hydrogen) atoms. The van der Waals surface area contributed by atoms with E-state index in [0.29, 0.717) is 6.54 Å². The molecule has 2 amide bonds. The van der Waals surface area contributed by atoms with Crippen LogP contribution < -0.4 is 10.6 Å². The number of thiophene rings is 1. The minimum atomic E-state index is -0.199. The van der Waals surface area contributed by atoms with Crippen LogP contribution in [0.3, 0.4) is 0 Å². The van der Waals surface area contributed by atoms with Crippen molar-refractivity contribution in [1.29, 1.82) is 0 Å². The van der Waals surface area contributed by atoms with Crippen LogP contribution in [0, 0.1) is 6.92 Å². The van der Waals surface area contributed by atoms with Crippen LogP contribution in [0.4, 0.5) is 0 Å². The summed E-state index contributed by atoms with van der Waals surface area (Å²) in [5, 5.41) is 9.19. The Bertz CT molecular complexity index is 970. The standard InChI is InChI=1S/C20H22N4O2S2/c1-3-8-21-16(25)9-22-17(26)11-28-20-18-15(10-27-19(18)23-12-24-20)14-6-4-13(2)5-7-14/h4-7,10,12H,3,8-9,11H2,1-2H3,(H,21,25)(H,22,26). The van der Waals surface area contributed by atoms with E-state index >= 15 is 0 Å². The highest BCUT2D eigenvalue weighted by Gasteiger charge is 2.15. The first kappa shape index (κ1) is 20.3. The molecule has 2 N–H and O–H groups in total. The van der Waals surface area contributed by atoms with Gasteiger partial charge in [-0.05, 0) is 18.9 Å². The van der Waals surface area contributed by atoms with Crippen LogP contribution in [0.5, 0.6) is 0 Å². The number of benzene rings is 1. The van der Waals surface area contributed by atoms with Crippen molar-refractivity contribution in [2.45, 2.75) is 25.3 Å². The van der Waals surface area contributed by atoms with Crippen molar-refractivity contribution in [2.75, 3.05) is 18.8 Å². The number of hydrogen-bond donors (Lipinski definition) is 2. The number of thioether (sulfide) groups is 1. The molecule has 0 radical (unpaired) electrons. The van der Waals surface area contributed by atoms with Crippen molar-refractivity contribution in [3.63, 3.8) is 0 Å². The Balaban J connectivity index is 1.70. The smallest absolute Gasteiger partial charge is 0.239 e. The number of amides is 2. The average molecular weight is 415 g/mol. The molecule has 8 heteroatoms. The number of rotatable bonds is 8. The summed E-state index contributed by atoms with van der Waals surface area (Å²) in [6.07, 6.45) is 2.39. The highest BCUT2D eigenvalue weighted by atomic mass is 32.2. The van der Waals surface area contributed by atoms with Crippen molar-refractivity contribution in [1.82, 2.24) is 20.6 Å². The van der Waals surface area contributed by atoms with Gasteiger partial charge in [-0.1, -0.05) is 48.5 Å². The van der Waals surface area contributed by atoms with Crippen LogP contribution in [0.2, 0.25) is 0 Å². The van der Waals surface area contributed by atoms with E-state index in [9.17, 15) is 9.59 Å². The van der Waals surface area contributed by atoms with Gasteiger partial charge in [-0.25, -0.2) is 9.97 Å². The van der Waals surface area contributed by atoms with Gasteiger partial charge in [-0.15, -0.1) is 11.3 Å². The molecule has 0 saturated heterocycles. The van der Waals surface area contributed by atoms with Crippen LogP contribution in [0.15, 0.2) is 41.0 Å². The van der Waals surface area contributed by atoms with Crippen LogP contribution >= 0.6 is 23.1 Å². The van der Waals surface area contributed by atoms with Crippen LogP contribution in [-0.2, 0) is 9.59 Å². The molecule has 0 aliphatic rings. The molecule has 3 rings (SSSR count). The molecule has 146 valence electrons. The zero-order valence-electron chi connectivity index (χ0n) is 15.8. The molecular formula is C20H22N4O2S2. The number of aryl methyl sites for hydroxylation is 1. The molecule has 2 aromatic heterocycles. The van der Waals surface area contributed by atoms with E-state index in [-0.39, 0.29) is 24.1 Å². The van der Waals surface area contributed by atoms with Gasteiger partial charge in [0.05, 0.1) is 17.7 Å². The van der Waals surface area contributed by atoms with E-state index < -0.39 is 0 Å². The average Bonchev–Trinajstić information content (AvgIpc) is 3.14. The summed E-state index contributed by atoms with van der Waals surface area (Å²) in [5.74, 6) is -0.185. The van der Waals surface area contributed by atoms with E-state index in [2.05, 4.69) is 57.2 Å². The lowest BCUT2D eigenvalue weighted by Crippen LogP contribution is -2.37. The Labute approximate surface area is 172 Å². The highest BCUT2D eigenvalue weighted by Crippen LogP contribution is 2.37. The molecule has 0 unspecified atom stereocenters. The van der Waals surface area contributed by atoms with Crippen molar-refractivity contribution < 1.29 is 9.59 Å². The maximum absolute atomic E-state index is 12.1. The molecule has 6 nitrogen and oxygen atoms in total. The number of carbonyl (C=O) groups excluding carboxylic acids is 2. The molecule has 0 bridgehead atoms. The topological polar surface area (TPSA) is 84.0 Å². The summed E-state index contributed by atoms with van der Waals surface area (Å²) < 4.78 is 0. The largest absolute Gasteiger partial charge is 0.355 e. The van der Waals surface area contributed by atoms with Crippen LogP contribution in [0.25, 0.3) is 21.3 Å². The Morgan fingerprint density at radius 3 is 2.64 bits per heavy atom. The number of nitrogens with one attached hydrogen (secondary N) is 2. The maximum Gasteiger partial charge on any atom is 0.239 e. The van der Waals surface area contributed by atoms with E-state index in [1.807, 2.05) is 6.92 Å². The van der Waals surface area contributed by atoms with Gasteiger partial charge in [-0.3, -0.25) is 9.59 Å². The molecule has 1 aromatic carbocycles. The quantitative estimate of drug-likeness (QED) is 0.436. The van der Waals surface area contributed by atoms with Gasteiger partial charge < -0.3 is 10.6 Å². The van der Waals surface area contributed by atoms with Crippen molar-refractivity contribution in [3.05, 3.63) is 41.5 Å². The fraction of sp³-hybridized carbons (Fsp3) is 0.300. The van der Waals surface area contributed by atoms with Crippen molar-refractivity contribution in [2.24, 2.45) is 0 Å². The summed E-state index contributed by atoms with van der Waals surface area (Å²) in [6, 6.07) is 8.32. The predicted octanol–water partition coefficient (Wildman–Crippen LogP) is 3.40. The van der Waals surface area contributed by atoms with Gasteiger partial charge in [0.25, 0.3) is 0 Å². The number of fused-ring (bicyclic) bond motifs is 1. The minimum Gasteiger partial charge on any atom is -0.355 e. The third-order valence-electron chi connectivity index (χ3n) is 4.06. The van der Waals surface area contributed by atoms with Crippen LogP contribution in [-0.4, -0.2) is 40.6 Å². The Hall–Kier alpha value is -2.45. The van der Waals surface area contributed by atoms with Crippen LogP contribution in [0.1, 0.15) is 18.9 Å². The van der Waals surface area contributed by atoms with Gasteiger partial charge in [0.1, 0.15) is 16.2 Å². The minimum absolute atomic E-state index is 0.00829. The SMILES string of the molecule is CCCNC(=O)CNC(=O)CSc1ncnc2scc(-c3ccc(C)cc3)c12. The Morgan fingerprint density at radius 2 is 1.89 bits per heavy atom. The van der Waals surface area contributed by atoms with Gasteiger partial charge in [0, 0.05) is 17.5 Å². The zero-order chi connectivity index (χ0) is 19.9. The van der Waals surface area contributed by atoms with E-state index in [1.54, 1.807) is 11.3 Å².